The topological polar surface area (TPSA) is 50.8 Å². The van der Waals surface area contributed by atoms with Crippen LogP contribution in [0, 0.1) is 0 Å². The van der Waals surface area contributed by atoms with Crippen LogP contribution in [0.3, 0.4) is 0 Å². The summed E-state index contributed by atoms with van der Waals surface area (Å²) >= 11 is 0. The first-order valence-corrected chi connectivity index (χ1v) is 5.30. The van der Waals surface area contributed by atoms with Gasteiger partial charge in [0.05, 0.1) is 25.0 Å². The third-order valence-electron chi connectivity index (χ3n) is 2.75. The summed E-state index contributed by atoms with van der Waals surface area (Å²) in [5.74, 6) is 0.836. The number of methoxy groups -OCH3 is 1. The van der Waals surface area contributed by atoms with Crippen LogP contribution in [0.2, 0.25) is 0 Å². The predicted octanol–water partition coefficient (Wildman–Crippen LogP) is 2.63. The lowest BCUT2D eigenvalue weighted by molar-refractivity contribution is 0.415. The third kappa shape index (κ3) is 1.63. The monoisotopic (exact) mass is 225 g/mol. The van der Waals surface area contributed by atoms with Crippen molar-refractivity contribution in [3.05, 3.63) is 42.9 Å². The lowest BCUT2D eigenvalue weighted by Crippen LogP contribution is -1.85. The molecule has 0 radical (unpaired) electrons. The first kappa shape index (κ1) is 9.84. The maximum absolute atomic E-state index is 5.23. The van der Waals surface area contributed by atoms with Crippen LogP contribution in [0.25, 0.3) is 22.0 Å². The number of nitrogens with zero attached hydrogens (tertiary/aromatic N) is 2. The molecule has 0 amide bonds. The molecule has 3 aromatic rings. The molecular formula is C13H11N3O. The minimum absolute atomic E-state index is 0.836. The smallest absolute Gasteiger partial charge is 0.119 e. The number of pyridine rings is 1. The number of H-pyrrole nitrogens is 1. The molecule has 0 spiro atoms. The first-order valence-electron chi connectivity index (χ1n) is 5.30. The van der Waals surface area contributed by atoms with Crippen molar-refractivity contribution < 1.29 is 4.74 Å². The van der Waals surface area contributed by atoms with Crippen LogP contribution in [0.1, 0.15) is 0 Å². The van der Waals surface area contributed by atoms with E-state index in [1.165, 1.54) is 0 Å². The molecule has 2 heterocycles. The maximum atomic E-state index is 5.23. The van der Waals surface area contributed by atoms with Crippen LogP contribution in [0.5, 0.6) is 5.75 Å². The number of aromatic nitrogens is 3. The molecule has 4 heteroatoms. The van der Waals surface area contributed by atoms with Crippen LogP contribution in [-0.4, -0.2) is 22.3 Å². The Morgan fingerprint density at radius 1 is 1.18 bits per heavy atom. The number of benzene rings is 1. The van der Waals surface area contributed by atoms with Gasteiger partial charge in [0, 0.05) is 17.1 Å². The zero-order valence-corrected chi connectivity index (χ0v) is 9.34. The van der Waals surface area contributed by atoms with Gasteiger partial charge in [0.1, 0.15) is 5.75 Å². The summed E-state index contributed by atoms with van der Waals surface area (Å²) < 4.78 is 5.23. The Morgan fingerprint density at radius 2 is 2.12 bits per heavy atom. The van der Waals surface area contributed by atoms with Crippen LogP contribution >= 0.6 is 0 Å². The highest BCUT2D eigenvalue weighted by molar-refractivity contribution is 5.93. The van der Waals surface area contributed by atoms with Crippen LogP contribution in [0.15, 0.2) is 42.9 Å². The van der Waals surface area contributed by atoms with Crippen molar-refractivity contribution in [2.45, 2.75) is 0 Å². The fourth-order valence-corrected chi connectivity index (χ4v) is 1.89. The van der Waals surface area contributed by atoms with Gasteiger partial charge >= 0.3 is 0 Å². The number of aromatic amines is 1. The largest absolute Gasteiger partial charge is 0.497 e. The van der Waals surface area contributed by atoms with E-state index in [-0.39, 0.29) is 0 Å². The number of hydrogen-bond donors (Lipinski definition) is 1. The predicted molar refractivity (Wildman–Crippen MR) is 65.9 cm³/mol. The van der Waals surface area contributed by atoms with Gasteiger partial charge < -0.3 is 4.74 Å². The van der Waals surface area contributed by atoms with Gasteiger partial charge in [0.25, 0.3) is 0 Å². The molecule has 0 saturated heterocycles. The number of fused-ring (bicyclic) bond motifs is 1. The molecule has 0 bridgehead atoms. The molecule has 0 aliphatic rings. The molecule has 3 rings (SSSR count). The van der Waals surface area contributed by atoms with Gasteiger partial charge in [-0.2, -0.15) is 5.10 Å². The van der Waals surface area contributed by atoms with E-state index in [1.807, 2.05) is 36.7 Å². The number of ether oxygens (including phenoxy) is 1. The Kier molecular flexibility index (Phi) is 2.26. The molecule has 2 aromatic heterocycles. The molecule has 0 saturated carbocycles. The second-order valence-corrected chi connectivity index (χ2v) is 3.75. The SMILES string of the molecule is COc1cccc(-c2cncc3[nH]ncc23)c1. The fraction of sp³-hybridized carbons (Fsp3) is 0.0769. The molecule has 17 heavy (non-hydrogen) atoms. The summed E-state index contributed by atoms with van der Waals surface area (Å²) in [7, 11) is 1.66. The highest BCUT2D eigenvalue weighted by atomic mass is 16.5. The molecule has 4 nitrogen and oxygen atoms in total. The second kappa shape index (κ2) is 3.90. The minimum Gasteiger partial charge on any atom is -0.497 e. The van der Waals surface area contributed by atoms with Crippen LogP contribution in [-0.2, 0) is 0 Å². The second-order valence-electron chi connectivity index (χ2n) is 3.75. The van der Waals surface area contributed by atoms with Gasteiger partial charge in [-0.15, -0.1) is 0 Å². The summed E-state index contributed by atoms with van der Waals surface area (Å²) in [6.45, 7) is 0. The number of rotatable bonds is 2. The highest BCUT2D eigenvalue weighted by Crippen LogP contribution is 2.28. The lowest BCUT2D eigenvalue weighted by atomic mass is 10.0. The van der Waals surface area contributed by atoms with Crippen molar-refractivity contribution in [1.82, 2.24) is 15.2 Å². The lowest BCUT2D eigenvalue weighted by Gasteiger charge is -2.05. The number of nitrogens with one attached hydrogen (secondary N) is 1. The van der Waals surface area contributed by atoms with Gasteiger partial charge in [-0.25, -0.2) is 0 Å². The van der Waals surface area contributed by atoms with E-state index in [9.17, 15) is 0 Å². The van der Waals surface area contributed by atoms with E-state index in [1.54, 1.807) is 13.3 Å². The van der Waals surface area contributed by atoms with E-state index in [0.29, 0.717) is 0 Å². The van der Waals surface area contributed by atoms with Gasteiger partial charge in [-0.05, 0) is 17.7 Å². The van der Waals surface area contributed by atoms with Crippen LogP contribution in [0.4, 0.5) is 0 Å². The van der Waals surface area contributed by atoms with E-state index in [2.05, 4.69) is 15.2 Å². The van der Waals surface area contributed by atoms with E-state index in [4.69, 9.17) is 4.74 Å². The molecule has 0 unspecified atom stereocenters. The van der Waals surface area contributed by atoms with Crippen molar-refractivity contribution in [3.63, 3.8) is 0 Å². The zero-order valence-electron chi connectivity index (χ0n) is 9.34. The van der Waals surface area contributed by atoms with Gasteiger partial charge in [0.2, 0.25) is 0 Å². The Bertz CT molecular complexity index is 660. The zero-order chi connectivity index (χ0) is 11.7. The van der Waals surface area contributed by atoms with E-state index >= 15 is 0 Å². The van der Waals surface area contributed by atoms with Gasteiger partial charge in [-0.3, -0.25) is 10.1 Å². The van der Waals surface area contributed by atoms with Gasteiger partial charge in [-0.1, -0.05) is 12.1 Å². The summed E-state index contributed by atoms with van der Waals surface area (Å²) in [5.41, 5.74) is 3.06. The van der Waals surface area contributed by atoms with Crippen molar-refractivity contribution in [2.75, 3.05) is 7.11 Å². The van der Waals surface area contributed by atoms with E-state index in [0.717, 1.165) is 27.8 Å². The minimum atomic E-state index is 0.836. The standard InChI is InChI=1S/C13H11N3O/c1-17-10-4-2-3-9(5-10)11-6-14-8-13-12(11)7-15-16-13/h2-8H,1H3,(H,15,16). The molecule has 1 N–H and O–H groups in total. The van der Waals surface area contributed by atoms with Crippen molar-refractivity contribution in [2.24, 2.45) is 0 Å². The molecule has 0 atom stereocenters. The molecule has 0 aliphatic heterocycles. The summed E-state index contributed by atoms with van der Waals surface area (Å²) in [5, 5.41) is 8.01. The average molecular weight is 225 g/mol. The highest BCUT2D eigenvalue weighted by Gasteiger charge is 2.06. The molecule has 84 valence electrons. The molecule has 0 aliphatic carbocycles. The summed E-state index contributed by atoms with van der Waals surface area (Å²) in [4.78, 5) is 4.20. The quantitative estimate of drug-likeness (QED) is 0.729. The Labute approximate surface area is 98.3 Å². The van der Waals surface area contributed by atoms with Gasteiger partial charge in [0.15, 0.2) is 0 Å². The Hall–Kier alpha value is -2.36. The van der Waals surface area contributed by atoms with Crippen molar-refractivity contribution >= 4 is 10.9 Å². The number of hydrogen-bond acceptors (Lipinski definition) is 3. The molecule has 0 fully saturated rings. The fourth-order valence-electron chi connectivity index (χ4n) is 1.89. The normalized spacial score (nSPS) is 10.6. The Morgan fingerprint density at radius 3 is 3.00 bits per heavy atom. The summed E-state index contributed by atoms with van der Waals surface area (Å²) in [6, 6.07) is 7.91. The van der Waals surface area contributed by atoms with Crippen LogP contribution < -0.4 is 4.74 Å². The van der Waals surface area contributed by atoms with E-state index < -0.39 is 0 Å². The third-order valence-corrected chi connectivity index (χ3v) is 2.75. The van der Waals surface area contributed by atoms with Crippen molar-refractivity contribution in [1.29, 1.82) is 0 Å². The van der Waals surface area contributed by atoms with Crippen molar-refractivity contribution in [3.8, 4) is 16.9 Å². The maximum Gasteiger partial charge on any atom is 0.119 e. The molecular weight excluding hydrogens is 214 g/mol. The Balaban J connectivity index is 2.23. The average Bonchev–Trinajstić information content (AvgIpc) is 2.87. The summed E-state index contributed by atoms with van der Waals surface area (Å²) in [6.07, 6.45) is 5.42. The molecule has 1 aromatic carbocycles. The first-order chi connectivity index (χ1) is 8.38.